The van der Waals surface area contributed by atoms with Crippen molar-refractivity contribution in [2.75, 3.05) is 13.1 Å². The number of nitrogens with zero attached hydrogens (tertiary/aromatic N) is 3. The van der Waals surface area contributed by atoms with Gasteiger partial charge in [-0.2, -0.15) is 0 Å². The fraction of sp³-hybridized carbons (Fsp3) is 0.450. The number of nitrogens with one attached hydrogen (secondary N) is 1. The van der Waals surface area contributed by atoms with Crippen LogP contribution in [0.4, 0.5) is 0 Å². The zero-order chi connectivity index (χ0) is 19.2. The predicted molar refractivity (Wildman–Crippen MR) is 102 cm³/mol. The second kappa shape index (κ2) is 6.68. The molecule has 1 N–H and O–H groups in total. The third-order valence-corrected chi connectivity index (χ3v) is 5.86. The van der Waals surface area contributed by atoms with E-state index >= 15 is 0 Å². The van der Waals surface area contributed by atoms with Gasteiger partial charge in [0, 0.05) is 42.8 Å². The van der Waals surface area contributed by atoms with Gasteiger partial charge in [-0.15, -0.1) is 0 Å². The van der Waals surface area contributed by atoms with Crippen LogP contribution in [-0.4, -0.2) is 39.4 Å². The minimum atomic E-state index is -0.154. The lowest BCUT2D eigenvalue weighted by Gasteiger charge is -2.49. The second-order valence-corrected chi connectivity index (χ2v) is 8.23. The number of hydrogen-bond donors (Lipinski definition) is 1. The molecule has 0 radical (unpaired) electrons. The normalized spacial score (nSPS) is 19.9. The van der Waals surface area contributed by atoms with Gasteiger partial charge in [-0.25, -0.2) is 4.98 Å². The van der Waals surface area contributed by atoms with Gasteiger partial charge in [0.05, 0.1) is 18.0 Å². The first-order valence-electron chi connectivity index (χ1n) is 9.25. The smallest absolute Gasteiger partial charge is 0.225 e. The van der Waals surface area contributed by atoms with Gasteiger partial charge < -0.3 is 14.8 Å². The molecule has 0 bridgehead atoms. The van der Waals surface area contributed by atoms with Crippen LogP contribution in [0.15, 0.2) is 36.7 Å². The van der Waals surface area contributed by atoms with Crippen molar-refractivity contribution in [3.63, 3.8) is 0 Å². The number of likely N-dealkylation sites (tertiary alicyclic amines) is 1. The van der Waals surface area contributed by atoms with Crippen LogP contribution in [0.25, 0.3) is 0 Å². The van der Waals surface area contributed by atoms with Crippen molar-refractivity contribution in [3.05, 3.63) is 53.1 Å². The van der Waals surface area contributed by atoms with Crippen molar-refractivity contribution in [1.82, 2.24) is 19.8 Å². The molecule has 0 saturated carbocycles. The summed E-state index contributed by atoms with van der Waals surface area (Å²) in [6.45, 7) is 5.18. The molecule has 142 valence electrons. The Morgan fingerprint density at radius 1 is 1.33 bits per heavy atom. The van der Waals surface area contributed by atoms with Crippen LogP contribution in [0.3, 0.4) is 0 Å². The van der Waals surface area contributed by atoms with Gasteiger partial charge >= 0.3 is 0 Å². The number of halogens is 1. The summed E-state index contributed by atoms with van der Waals surface area (Å²) in [5, 5.41) is 3.70. The Labute approximate surface area is 163 Å². The fourth-order valence-electron chi connectivity index (χ4n) is 4.19. The molecular formula is C20H23ClN4O2. The molecule has 6 nitrogen and oxygen atoms in total. The first-order chi connectivity index (χ1) is 12.9. The molecule has 0 aliphatic carbocycles. The molecule has 2 aliphatic heterocycles. The summed E-state index contributed by atoms with van der Waals surface area (Å²) < 4.78 is 2.14. The Kier molecular flexibility index (Phi) is 4.46. The lowest BCUT2D eigenvalue weighted by molar-refractivity contribution is -0.145. The average molecular weight is 387 g/mol. The largest absolute Gasteiger partial charge is 0.346 e. The monoisotopic (exact) mass is 386 g/mol. The van der Waals surface area contributed by atoms with Gasteiger partial charge in [0.2, 0.25) is 11.8 Å². The van der Waals surface area contributed by atoms with E-state index in [4.69, 9.17) is 11.6 Å². The average Bonchev–Trinajstić information content (AvgIpc) is 3.17. The third kappa shape index (κ3) is 3.12. The highest BCUT2D eigenvalue weighted by Gasteiger charge is 2.53. The molecule has 1 aromatic carbocycles. The topological polar surface area (TPSA) is 67.2 Å². The Balaban J connectivity index is 1.45. The van der Waals surface area contributed by atoms with E-state index in [0.717, 1.165) is 17.8 Å². The fourth-order valence-corrected chi connectivity index (χ4v) is 4.39. The summed E-state index contributed by atoms with van der Waals surface area (Å²) in [6, 6.07) is 7.23. The molecule has 1 fully saturated rings. The molecule has 2 amide bonds. The summed E-state index contributed by atoms with van der Waals surface area (Å²) in [4.78, 5) is 31.1. The van der Waals surface area contributed by atoms with Crippen LogP contribution in [0.5, 0.6) is 0 Å². The molecule has 2 aliphatic rings. The Morgan fingerprint density at radius 2 is 2.07 bits per heavy atom. The molecule has 1 spiro atoms. The van der Waals surface area contributed by atoms with Crippen molar-refractivity contribution in [3.8, 4) is 0 Å². The number of fused-ring (bicyclic) bond motifs is 2. The van der Waals surface area contributed by atoms with Gasteiger partial charge in [-0.05, 0) is 11.6 Å². The molecule has 1 atom stereocenters. The van der Waals surface area contributed by atoms with Gasteiger partial charge in [0.25, 0.3) is 0 Å². The van der Waals surface area contributed by atoms with Crippen LogP contribution >= 0.6 is 11.6 Å². The summed E-state index contributed by atoms with van der Waals surface area (Å²) >= 11 is 6.16. The van der Waals surface area contributed by atoms with Gasteiger partial charge in [-0.1, -0.05) is 43.6 Å². The lowest BCUT2D eigenvalue weighted by atomic mass is 9.85. The van der Waals surface area contributed by atoms with E-state index in [1.54, 1.807) is 12.3 Å². The molecule has 1 unspecified atom stereocenters. The molecule has 3 heterocycles. The number of amides is 2. The maximum atomic E-state index is 12.6. The van der Waals surface area contributed by atoms with Crippen molar-refractivity contribution in [1.29, 1.82) is 0 Å². The summed E-state index contributed by atoms with van der Waals surface area (Å²) in [5.41, 5.74) is 0.656. The van der Waals surface area contributed by atoms with Gasteiger partial charge in [0.15, 0.2) is 0 Å². The number of rotatable bonds is 4. The Morgan fingerprint density at radius 3 is 2.78 bits per heavy atom. The van der Waals surface area contributed by atoms with E-state index in [1.165, 1.54) is 0 Å². The number of carbonyl (C=O) groups is 2. The van der Waals surface area contributed by atoms with Crippen LogP contribution in [0.1, 0.15) is 37.7 Å². The van der Waals surface area contributed by atoms with E-state index in [1.807, 2.05) is 43.1 Å². The summed E-state index contributed by atoms with van der Waals surface area (Å²) in [6.07, 6.45) is 4.71. The molecule has 1 saturated heterocycles. The predicted octanol–water partition coefficient (Wildman–Crippen LogP) is 2.53. The zero-order valence-electron chi connectivity index (χ0n) is 15.5. The zero-order valence-corrected chi connectivity index (χ0v) is 16.2. The van der Waals surface area contributed by atoms with Gasteiger partial charge in [0.1, 0.15) is 5.82 Å². The van der Waals surface area contributed by atoms with Gasteiger partial charge in [-0.3, -0.25) is 9.59 Å². The lowest BCUT2D eigenvalue weighted by Crippen LogP contribution is -2.63. The Hall–Kier alpha value is -2.34. The standard InChI is InChI=1S/C20H23ClN4O2/c1-13(2)19(27)24-11-20(12-24)10-16(18-22-7-8-25(18)20)23-17(26)9-14-5-3-4-6-15(14)21/h3-8,13,16H,9-12H2,1-2H3,(H,23,26). The maximum Gasteiger partial charge on any atom is 0.225 e. The van der Waals surface area contributed by atoms with Crippen molar-refractivity contribution >= 4 is 23.4 Å². The molecular weight excluding hydrogens is 364 g/mol. The minimum Gasteiger partial charge on any atom is -0.346 e. The number of benzene rings is 1. The third-order valence-electron chi connectivity index (χ3n) is 5.50. The van der Waals surface area contributed by atoms with Crippen molar-refractivity contribution < 1.29 is 9.59 Å². The highest BCUT2D eigenvalue weighted by molar-refractivity contribution is 6.31. The van der Waals surface area contributed by atoms with Crippen molar-refractivity contribution in [2.24, 2.45) is 5.92 Å². The van der Waals surface area contributed by atoms with Crippen LogP contribution < -0.4 is 5.32 Å². The van der Waals surface area contributed by atoms with Crippen LogP contribution in [0.2, 0.25) is 5.02 Å². The summed E-state index contributed by atoms with van der Waals surface area (Å²) in [7, 11) is 0. The van der Waals surface area contributed by atoms with Crippen molar-refractivity contribution in [2.45, 2.75) is 38.3 Å². The van der Waals surface area contributed by atoms with E-state index in [-0.39, 0.29) is 35.7 Å². The first kappa shape index (κ1) is 18.0. The molecule has 2 aromatic rings. The highest BCUT2D eigenvalue weighted by atomic mass is 35.5. The van der Waals surface area contributed by atoms with E-state index in [0.29, 0.717) is 18.1 Å². The van der Waals surface area contributed by atoms with Crippen LogP contribution in [0, 0.1) is 5.92 Å². The Bertz CT molecular complexity index is 886. The highest BCUT2D eigenvalue weighted by Crippen LogP contribution is 2.44. The second-order valence-electron chi connectivity index (χ2n) is 7.82. The number of aromatic nitrogens is 2. The van der Waals surface area contributed by atoms with Crippen LogP contribution in [-0.2, 0) is 21.5 Å². The molecule has 7 heteroatoms. The number of imidazole rings is 1. The quantitative estimate of drug-likeness (QED) is 0.878. The number of carbonyl (C=O) groups excluding carboxylic acids is 2. The van der Waals surface area contributed by atoms with E-state index in [9.17, 15) is 9.59 Å². The SMILES string of the molecule is CC(C)C(=O)N1CC2(CC(NC(=O)Cc3ccccc3Cl)c3nccn32)C1. The first-order valence-corrected chi connectivity index (χ1v) is 9.63. The maximum absolute atomic E-state index is 12.6. The number of hydrogen-bond acceptors (Lipinski definition) is 3. The summed E-state index contributed by atoms with van der Waals surface area (Å²) in [5.74, 6) is 0.957. The van der Waals surface area contributed by atoms with E-state index in [2.05, 4.69) is 14.9 Å². The minimum absolute atomic E-state index is 0.00266. The molecule has 1 aromatic heterocycles. The van der Waals surface area contributed by atoms with E-state index < -0.39 is 0 Å². The molecule has 4 rings (SSSR count). The molecule has 27 heavy (non-hydrogen) atoms.